The van der Waals surface area contributed by atoms with Crippen LogP contribution in [0.1, 0.15) is 16.8 Å². The molecule has 0 fully saturated rings. The van der Waals surface area contributed by atoms with Gasteiger partial charge in [0, 0.05) is 34.9 Å². The average Bonchev–Trinajstić information content (AvgIpc) is 3.33. The highest BCUT2D eigenvalue weighted by Gasteiger charge is 2.14. The van der Waals surface area contributed by atoms with E-state index in [1.165, 1.54) is 28.7 Å². The van der Waals surface area contributed by atoms with Crippen molar-refractivity contribution in [1.29, 1.82) is 0 Å². The number of amides is 2. The molecule has 28 heavy (non-hydrogen) atoms. The van der Waals surface area contributed by atoms with Crippen molar-refractivity contribution in [2.45, 2.75) is 13.0 Å². The first kappa shape index (κ1) is 19.9. The van der Waals surface area contributed by atoms with Gasteiger partial charge < -0.3 is 15.4 Å². The van der Waals surface area contributed by atoms with Crippen molar-refractivity contribution in [2.75, 3.05) is 11.9 Å². The zero-order chi connectivity index (χ0) is 19.9. The Morgan fingerprint density at radius 2 is 2.00 bits per heavy atom. The molecule has 0 spiro atoms. The van der Waals surface area contributed by atoms with Crippen LogP contribution in [0.4, 0.5) is 13.9 Å². The molecule has 0 aliphatic carbocycles. The lowest BCUT2D eigenvalue weighted by molar-refractivity contribution is -0.116. The largest absolute Gasteiger partial charge is 0.434 e. The van der Waals surface area contributed by atoms with Gasteiger partial charge in [-0.05, 0) is 23.6 Å². The van der Waals surface area contributed by atoms with Gasteiger partial charge in [-0.15, -0.1) is 11.3 Å². The molecule has 2 aromatic heterocycles. The molecule has 0 radical (unpaired) electrons. The van der Waals surface area contributed by atoms with Crippen LogP contribution in [0.5, 0.6) is 5.75 Å². The minimum absolute atomic E-state index is 0.0109. The van der Waals surface area contributed by atoms with E-state index in [-0.39, 0.29) is 30.5 Å². The summed E-state index contributed by atoms with van der Waals surface area (Å²) in [7, 11) is 0. The highest BCUT2D eigenvalue weighted by atomic mass is 32.1. The molecule has 0 atom stereocenters. The Morgan fingerprint density at radius 1 is 1.18 bits per heavy atom. The van der Waals surface area contributed by atoms with E-state index < -0.39 is 6.61 Å². The highest BCUT2D eigenvalue weighted by molar-refractivity contribution is 7.14. The number of alkyl halides is 2. The second kappa shape index (κ2) is 9.38. The van der Waals surface area contributed by atoms with Crippen LogP contribution in [0, 0.1) is 0 Å². The van der Waals surface area contributed by atoms with E-state index in [0.717, 1.165) is 0 Å². The number of anilines is 1. The number of ether oxygens (including phenoxy) is 1. The first-order valence-corrected chi connectivity index (χ1v) is 9.95. The molecule has 0 unspecified atom stereocenters. The Bertz CT molecular complexity index is 945. The second-order valence-corrected chi connectivity index (χ2v) is 7.12. The number of carbonyl (C=O) groups excluding carboxylic acids is 2. The molecule has 0 aliphatic rings. The number of thiophene rings is 1. The fourth-order valence-corrected chi connectivity index (χ4v) is 3.66. The van der Waals surface area contributed by atoms with E-state index in [0.29, 0.717) is 22.0 Å². The molecule has 0 aliphatic heterocycles. The van der Waals surface area contributed by atoms with Gasteiger partial charge in [-0.1, -0.05) is 12.1 Å². The normalized spacial score (nSPS) is 10.7. The molecular formula is C18H15F2N3O3S2. The lowest BCUT2D eigenvalue weighted by atomic mass is 10.1. The van der Waals surface area contributed by atoms with Gasteiger partial charge in [0.25, 0.3) is 5.91 Å². The van der Waals surface area contributed by atoms with Gasteiger partial charge in [0.1, 0.15) is 5.75 Å². The zero-order valence-corrected chi connectivity index (χ0v) is 16.0. The summed E-state index contributed by atoms with van der Waals surface area (Å²) >= 11 is 2.58. The molecule has 1 aromatic carbocycles. The van der Waals surface area contributed by atoms with Crippen LogP contribution in [0.25, 0.3) is 11.3 Å². The van der Waals surface area contributed by atoms with Crippen LogP contribution in [0.2, 0.25) is 0 Å². The summed E-state index contributed by atoms with van der Waals surface area (Å²) in [5.41, 5.74) is 1.38. The molecule has 3 rings (SSSR count). The van der Waals surface area contributed by atoms with Crippen molar-refractivity contribution in [3.8, 4) is 17.0 Å². The quantitative estimate of drug-likeness (QED) is 0.568. The summed E-state index contributed by atoms with van der Waals surface area (Å²) in [6.45, 7) is -2.76. The van der Waals surface area contributed by atoms with Crippen LogP contribution >= 0.6 is 22.7 Å². The molecule has 2 amide bonds. The predicted octanol–water partition coefficient (Wildman–Crippen LogP) is 4.23. The maximum absolute atomic E-state index is 12.5. The van der Waals surface area contributed by atoms with Crippen molar-refractivity contribution in [3.05, 3.63) is 52.0 Å². The van der Waals surface area contributed by atoms with Crippen molar-refractivity contribution in [2.24, 2.45) is 0 Å². The number of thiazole rings is 1. The van der Waals surface area contributed by atoms with Crippen molar-refractivity contribution >= 4 is 39.6 Å². The van der Waals surface area contributed by atoms with Crippen molar-refractivity contribution in [3.63, 3.8) is 0 Å². The Balaban J connectivity index is 1.54. The Kier molecular flexibility index (Phi) is 6.66. The summed E-state index contributed by atoms with van der Waals surface area (Å²) in [6.07, 6.45) is 0.0792. The maximum Gasteiger partial charge on any atom is 0.387 e. The third-order valence-corrected chi connectivity index (χ3v) is 4.99. The standard InChI is InChI=1S/C18H15F2N3O3S2/c19-17(20)26-14-4-2-1-3-12(14)13-10-28-18(22-13)23-15(24)5-7-21-16(25)11-6-8-27-9-11/h1-4,6,8-10,17H,5,7H2,(H,21,25)(H,22,23,24). The first-order chi connectivity index (χ1) is 13.5. The maximum atomic E-state index is 12.5. The summed E-state index contributed by atoms with van der Waals surface area (Å²) in [6, 6.07) is 8.00. The second-order valence-electron chi connectivity index (χ2n) is 5.48. The van der Waals surface area contributed by atoms with Crippen LogP contribution < -0.4 is 15.4 Å². The monoisotopic (exact) mass is 423 g/mol. The van der Waals surface area contributed by atoms with Gasteiger partial charge in [-0.3, -0.25) is 9.59 Å². The Morgan fingerprint density at radius 3 is 2.75 bits per heavy atom. The van der Waals surface area contributed by atoms with Crippen LogP contribution in [-0.2, 0) is 4.79 Å². The number of rotatable bonds is 8. The number of nitrogens with zero attached hydrogens (tertiary/aromatic N) is 1. The summed E-state index contributed by atoms with van der Waals surface area (Å²) < 4.78 is 29.6. The number of halogens is 2. The number of benzene rings is 1. The highest BCUT2D eigenvalue weighted by Crippen LogP contribution is 2.32. The lowest BCUT2D eigenvalue weighted by Crippen LogP contribution is -2.27. The van der Waals surface area contributed by atoms with Crippen molar-refractivity contribution < 1.29 is 23.1 Å². The third-order valence-electron chi connectivity index (χ3n) is 3.55. The molecular weight excluding hydrogens is 408 g/mol. The topological polar surface area (TPSA) is 80.3 Å². The lowest BCUT2D eigenvalue weighted by Gasteiger charge is -2.08. The molecule has 2 heterocycles. The number of hydrogen-bond donors (Lipinski definition) is 2. The third kappa shape index (κ3) is 5.33. The van der Waals surface area contributed by atoms with Gasteiger partial charge in [-0.2, -0.15) is 20.1 Å². The predicted molar refractivity (Wildman–Crippen MR) is 104 cm³/mol. The van der Waals surface area contributed by atoms with E-state index in [2.05, 4.69) is 20.4 Å². The fourth-order valence-electron chi connectivity index (χ4n) is 2.30. The molecule has 2 N–H and O–H groups in total. The van der Waals surface area contributed by atoms with Gasteiger partial charge in [-0.25, -0.2) is 4.98 Å². The van der Waals surface area contributed by atoms with Crippen LogP contribution in [0.15, 0.2) is 46.5 Å². The molecule has 10 heteroatoms. The number of aromatic nitrogens is 1. The fraction of sp³-hybridized carbons (Fsp3) is 0.167. The van der Waals surface area contributed by atoms with Gasteiger partial charge >= 0.3 is 6.61 Å². The van der Waals surface area contributed by atoms with Crippen LogP contribution in [0.3, 0.4) is 0 Å². The molecule has 3 aromatic rings. The van der Waals surface area contributed by atoms with Gasteiger partial charge in [0.2, 0.25) is 5.91 Å². The van der Waals surface area contributed by atoms with Crippen molar-refractivity contribution in [1.82, 2.24) is 10.3 Å². The van der Waals surface area contributed by atoms with Gasteiger partial charge in [0.05, 0.1) is 5.69 Å². The van der Waals surface area contributed by atoms with Gasteiger partial charge in [0.15, 0.2) is 5.13 Å². The first-order valence-electron chi connectivity index (χ1n) is 8.13. The number of nitrogens with one attached hydrogen (secondary N) is 2. The average molecular weight is 423 g/mol. The molecule has 146 valence electrons. The molecule has 0 saturated carbocycles. The Labute approximate surface area is 167 Å². The number of hydrogen-bond acceptors (Lipinski definition) is 6. The molecule has 0 saturated heterocycles. The van der Waals surface area contributed by atoms with E-state index in [1.807, 2.05) is 0 Å². The minimum atomic E-state index is -2.94. The Hall–Kier alpha value is -2.85. The number of para-hydroxylation sites is 1. The van der Waals surface area contributed by atoms with E-state index in [1.54, 1.807) is 40.4 Å². The van der Waals surface area contributed by atoms with E-state index in [9.17, 15) is 18.4 Å². The molecule has 6 nitrogen and oxygen atoms in total. The van der Waals surface area contributed by atoms with E-state index in [4.69, 9.17) is 0 Å². The van der Waals surface area contributed by atoms with Crippen LogP contribution in [-0.4, -0.2) is 30.0 Å². The molecule has 0 bridgehead atoms. The zero-order valence-electron chi connectivity index (χ0n) is 14.4. The minimum Gasteiger partial charge on any atom is -0.434 e. The smallest absolute Gasteiger partial charge is 0.387 e. The summed E-state index contributed by atoms with van der Waals surface area (Å²) in [4.78, 5) is 28.1. The SMILES string of the molecule is O=C(CCNC(=O)c1ccsc1)Nc1nc(-c2ccccc2OC(F)F)cs1. The van der Waals surface area contributed by atoms with E-state index >= 15 is 0 Å². The summed E-state index contributed by atoms with van der Waals surface area (Å²) in [5, 5.41) is 10.8. The summed E-state index contributed by atoms with van der Waals surface area (Å²) in [5.74, 6) is -0.540. The number of carbonyl (C=O) groups is 2.